The highest BCUT2D eigenvalue weighted by molar-refractivity contribution is 6.06. The van der Waals surface area contributed by atoms with Gasteiger partial charge in [0, 0.05) is 31.8 Å². The number of imidazole rings is 1. The van der Waals surface area contributed by atoms with Crippen LogP contribution >= 0.6 is 0 Å². The van der Waals surface area contributed by atoms with E-state index in [2.05, 4.69) is 10.5 Å². The van der Waals surface area contributed by atoms with Crippen LogP contribution in [0.3, 0.4) is 0 Å². The molecule has 0 saturated heterocycles. The molecule has 0 aliphatic carbocycles. The summed E-state index contributed by atoms with van der Waals surface area (Å²) in [6.07, 6.45) is -0.659. The van der Waals surface area contributed by atoms with Gasteiger partial charge in [-0.05, 0) is 24.3 Å². The number of benzene rings is 2. The van der Waals surface area contributed by atoms with Crippen LogP contribution in [0.2, 0.25) is 0 Å². The van der Waals surface area contributed by atoms with Gasteiger partial charge in [0.05, 0.1) is 16.7 Å². The molecule has 0 unspecified atom stereocenters. The standard InChI is InChI=1S/C19H17FN4O3/c1-23-15-8-7-11(9-16(15)24(2)19(23)26)21-18(25)17-10-14(22-27-17)12-5-3-4-6-13(12)20/h3-9,17H,10H2,1-2H3,(H,21,25)/t17-/m0/s1. The van der Waals surface area contributed by atoms with Crippen molar-refractivity contribution in [3.8, 4) is 0 Å². The Morgan fingerprint density at radius 3 is 2.70 bits per heavy atom. The molecule has 2 heterocycles. The Kier molecular flexibility index (Phi) is 4.02. The van der Waals surface area contributed by atoms with Crippen LogP contribution in [0.1, 0.15) is 12.0 Å². The minimum absolute atomic E-state index is 0.143. The lowest BCUT2D eigenvalue weighted by Crippen LogP contribution is -2.28. The normalized spacial score (nSPS) is 16.3. The van der Waals surface area contributed by atoms with Gasteiger partial charge in [0.1, 0.15) is 5.82 Å². The zero-order chi connectivity index (χ0) is 19.1. The van der Waals surface area contributed by atoms with Gasteiger partial charge in [-0.2, -0.15) is 0 Å². The van der Waals surface area contributed by atoms with Crippen molar-refractivity contribution in [1.29, 1.82) is 0 Å². The Labute approximate surface area is 153 Å². The van der Waals surface area contributed by atoms with Crippen LogP contribution in [0.15, 0.2) is 52.4 Å². The van der Waals surface area contributed by atoms with E-state index in [-0.39, 0.29) is 18.0 Å². The number of aromatic nitrogens is 2. The second-order valence-electron chi connectivity index (χ2n) is 6.41. The fourth-order valence-electron chi connectivity index (χ4n) is 3.18. The summed E-state index contributed by atoms with van der Waals surface area (Å²) in [4.78, 5) is 29.7. The highest BCUT2D eigenvalue weighted by Gasteiger charge is 2.30. The van der Waals surface area contributed by atoms with Gasteiger partial charge in [-0.15, -0.1) is 0 Å². The van der Waals surface area contributed by atoms with Crippen molar-refractivity contribution in [2.24, 2.45) is 19.3 Å². The number of rotatable bonds is 3. The van der Waals surface area contributed by atoms with Crippen LogP contribution in [0.4, 0.5) is 10.1 Å². The van der Waals surface area contributed by atoms with Crippen molar-refractivity contribution in [2.45, 2.75) is 12.5 Å². The van der Waals surface area contributed by atoms with Gasteiger partial charge < -0.3 is 10.2 Å². The average Bonchev–Trinajstić information content (AvgIpc) is 3.23. The van der Waals surface area contributed by atoms with Crippen molar-refractivity contribution in [1.82, 2.24) is 9.13 Å². The Morgan fingerprint density at radius 2 is 1.93 bits per heavy atom. The number of hydrogen-bond acceptors (Lipinski definition) is 4. The van der Waals surface area contributed by atoms with Crippen LogP contribution in [0.25, 0.3) is 11.0 Å². The quantitative estimate of drug-likeness (QED) is 0.770. The average molecular weight is 368 g/mol. The number of nitrogens with one attached hydrogen (secondary N) is 1. The van der Waals surface area contributed by atoms with E-state index in [9.17, 15) is 14.0 Å². The van der Waals surface area contributed by atoms with Crippen LogP contribution in [-0.4, -0.2) is 26.9 Å². The number of nitrogens with zero attached hydrogens (tertiary/aromatic N) is 3. The predicted molar refractivity (Wildman–Crippen MR) is 99.2 cm³/mol. The summed E-state index contributed by atoms with van der Waals surface area (Å²) in [5.41, 5.74) is 2.59. The number of aryl methyl sites for hydroxylation is 2. The van der Waals surface area contributed by atoms with Crippen molar-refractivity contribution in [3.63, 3.8) is 0 Å². The lowest BCUT2D eigenvalue weighted by molar-refractivity contribution is -0.125. The number of fused-ring (bicyclic) bond motifs is 1. The molecule has 4 rings (SSSR count). The Bertz CT molecular complexity index is 1150. The summed E-state index contributed by atoms with van der Waals surface area (Å²) in [5.74, 6) is -0.790. The number of halogens is 1. The first-order chi connectivity index (χ1) is 13.0. The highest BCUT2D eigenvalue weighted by Crippen LogP contribution is 2.22. The molecule has 3 aromatic rings. The van der Waals surface area contributed by atoms with Crippen molar-refractivity contribution in [2.75, 3.05) is 5.32 Å². The third-order valence-corrected chi connectivity index (χ3v) is 4.69. The fourth-order valence-corrected chi connectivity index (χ4v) is 3.18. The van der Waals surface area contributed by atoms with E-state index in [1.54, 1.807) is 50.5 Å². The van der Waals surface area contributed by atoms with Gasteiger partial charge >= 0.3 is 5.69 Å². The van der Waals surface area contributed by atoms with Crippen LogP contribution < -0.4 is 11.0 Å². The molecule has 0 bridgehead atoms. The van der Waals surface area contributed by atoms with Gasteiger partial charge in [-0.1, -0.05) is 23.4 Å². The molecule has 0 saturated carbocycles. The smallest absolute Gasteiger partial charge is 0.328 e. The first kappa shape index (κ1) is 17.0. The minimum Gasteiger partial charge on any atom is -0.382 e. The van der Waals surface area contributed by atoms with Crippen LogP contribution in [0, 0.1) is 5.82 Å². The van der Waals surface area contributed by atoms with Crippen molar-refractivity contribution < 1.29 is 14.0 Å². The van der Waals surface area contributed by atoms with Crippen molar-refractivity contribution >= 4 is 28.3 Å². The fraction of sp³-hybridized carbons (Fsp3) is 0.211. The van der Waals surface area contributed by atoms with Gasteiger partial charge in [-0.25, -0.2) is 9.18 Å². The third kappa shape index (κ3) is 2.88. The summed E-state index contributed by atoms with van der Waals surface area (Å²) in [5, 5.41) is 6.62. The van der Waals surface area contributed by atoms with E-state index < -0.39 is 11.9 Å². The van der Waals surface area contributed by atoms with Crippen LogP contribution in [0.5, 0.6) is 0 Å². The molecule has 1 aromatic heterocycles. The highest BCUT2D eigenvalue weighted by atomic mass is 19.1. The molecule has 0 spiro atoms. The second kappa shape index (κ2) is 6.39. The molecular weight excluding hydrogens is 351 g/mol. The largest absolute Gasteiger partial charge is 0.382 e. The van der Waals surface area contributed by atoms with E-state index in [0.29, 0.717) is 22.5 Å². The topological polar surface area (TPSA) is 77.6 Å². The molecule has 8 heteroatoms. The molecule has 7 nitrogen and oxygen atoms in total. The molecule has 1 aliphatic rings. The van der Waals surface area contributed by atoms with Gasteiger partial charge in [-0.3, -0.25) is 13.9 Å². The number of anilines is 1. The van der Waals surface area contributed by atoms with Gasteiger partial charge in [0.25, 0.3) is 5.91 Å². The number of hydrogen-bond donors (Lipinski definition) is 1. The summed E-state index contributed by atoms with van der Waals surface area (Å²) < 4.78 is 16.9. The van der Waals surface area contributed by atoms with E-state index >= 15 is 0 Å². The summed E-state index contributed by atoms with van der Waals surface area (Å²) in [6, 6.07) is 11.4. The number of amides is 1. The third-order valence-electron chi connectivity index (χ3n) is 4.69. The molecule has 1 aliphatic heterocycles. The van der Waals surface area contributed by atoms with Crippen LogP contribution in [-0.2, 0) is 23.7 Å². The minimum atomic E-state index is -0.838. The number of oxime groups is 1. The molecule has 1 N–H and O–H groups in total. The first-order valence-electron chi connectivity index (χ1n) is 8.39. The molecule has 1 atom stereocenters. The zero-order valence-electron chi connectivity index (χ0n) is 14.8. The number of carbonyl (C=O) groups is 1. The first-order valence-corrected chi connectivity index (χ1v) is 8.39. The van der Waals surface area contributed by atoms with Crippen molar-refractivity contribution in [3.05, 3.63) is 64.3 Å². The maximum Gasteiger partial charge on any atom is 0.328 e. The summed E-state index contributed by atoms with van der Waals surface area (Å²) >= 11 is 0. The summed E-state index contributed by atoms with van der Waals surface area (Å²) in [7, 11) is 3.36. The van der Waals surface area contributed by atoms with E-state index in [0.717, 1.165) is 5.52 Å². The van der Waals surface area contributed by atoms with Gasteiger partial charge in [0.15, 0.2) is 0 Å². The Morgan fingerprint density at radius 1 is 1.19 bits per heavy atom. The second-order valence-corrected chi connectivity index (χ2v) is 6.41. The SMILES string of the molecule is Cn1c(=O)n(C)c2cc(NC(=O)[C@@H]3CC(c4ccccc4F)=NO3)ccc21. The Hall–Kier alpha value is -3.42. The Balaban J connectivity index is 1.51. The molecule has 0 radical (unpaired) electrons. The summed E-state index contributed by atoms with van der Waals surface area (Å²) in [6.45, 7) is 0. The molecular formula is C19H17FN4O3. The predicted octanol–water partition coefficient (Wildman–Crippen LogP) is 2.15. The molecule has 0 fully saturated rings. The number of carbonyl (C=O) groups excluding carboxylic acids is 1. The molecule has 2 aromatic carbocycles. The lowest BCUT2D eigenvalue weighted by atomic mass is 10.0. The molecule has 27 heavy (non-hydrogen) atoms. The maximum absolute atomic E-state index is 13.9. The van der Waals surface area contributed by atoms with E-state index in [1.807, 2.05) is 0 Å². The maximum atomic E-state index is 13.9. The molecule has 1 amide bonds. The molecule has 138 valence electrons. The van der Waals surface area contributed by atoms with E-state index in [4.69, 9.17) is 4.84 Å². The monoisotopic (exact) mass is 368 g/mol. The van der Waals surface area contributed by atoms with Gasteiger partial charge in [0.2, 0.25) is 6.10 Å². The lowest BCUT2D eigenvalue weighted by Gasteiger charge is -2.10. The zero-order valence-corrected chi connectivity index (χ0v) is 14.8. The van der Waals surface area contributed by atoms with E-state index in [1.165, 1.54) is 15.2 Å².